The van der Waals surface area contributed by atoms with Crippen molar-refractivity contribution in [3.8, 4) is 11.5 Å². The van der Waals surface area contributed by atoms with Gasteiger partial charge in [-0.2, -0.15) is 0 Å². The van der Waals surface area contributed by atoms with Gasteiger partial charge in [-0.05, 0) is 24.1 Å². The summed E-state index contributed by atoms with van der Waals surface area (Å²) < 4.78 is 11.4. The molecular weight excluding hydrogens is 228 g/mol. The van der Waals surface area contributed by atoms with Crippen molar-refractivity contribution in [1.82, 2.24) is 0 Å². The monoisotopic (exact) mass is 250 g/mol. The van der Waals surface area contributed by atoms with Gasteiger partial charge in [0, 0.05) is 5.92 Å². The summed E-state index contributed by atoms with van der Waals surface area (Å²) in [5, 5.41) is 10.1. The highest BCUT2D eigenvalue weighted by atomic mass is 16.5. The maximum atomic E-state index is 10.1. The van der Waals surface area contributed by atoms with E-state index in [2.05, 4.69) is 13.8 Å². The van der Waals surface area contributed by atoms with Gasteiger partial charge in [0.1, 0.15) is 0 Å². The molecule has 2 unspecified atom stereocenters. The Morgan fingerprint density at radius 3 is 2.72 bits per heavy atom. The number of hydrogen-bond donors (Lipinski definition) is 1. The van der Waals surface area contributed by atoms with Crippen LogP contribution in [0.3, 0.4) is 0 Å². The van der Waals surface area contributed by atoms with Gasteiger partial charge < -0.3 is 14.6 Å². The van der Waals surface area contributed by atoms with Crippen molar-refractivity contribution in [3.63, 3.8) is 0 Å². The van der Waals surface area contributed by atoms with Crippen molar-refractivity contribution in [1.29, 1.82) is 0 Å². The topological polar surface area (TPSA) is 38.7 Å². The molecule has 0 saturated heterocycles. The van der Waals surface area contributed by atoms with E-state index in [1.54, 1.807) is 0 Å². The molecule has 1 aromatic rings. The molecular formula is C15H22O3. The molecule has 2 atom stereocenters. The average Bonchev–Trinajstić information content (AvgIpc) is 2.58. The van der Waals surface area contributed by atoms with Crippen molar-refractivity contribution in [2.24, 2.45) is 5.92 Å². The van der Waals surface area contributed by atoms with E-state index in [1.165, 1.54) is 0 Å². The van der Waals surface area contributed by atoms with E-state index in [4.69, 9.17) is 9.47 Å². The maximum Gasteiger partial charge on any atom is 0.161 e. The largest absolute Gasteiger partial charge is 0.489 e. The van der Waals surface area contributed by atoms with Crippen LogP contribution in [-0.2, 0) is 0 Å². The third-order valence-electron chi connectivity index (χ3n) is 3.23. The minimum atomic E-state index is -0.403. The Morgan fingerprint density at radius 1 is 1.28 bits per heavy atom. The fourth-order valence-electron chi connectivity index (χ4n) is 2.04. The van der Waals surface area contributed by atoms with Crippen molar-refractivity contribution < 1.29 is 14.6 Å². The van der Waals surface area contributed by atoms with Gasteiger partial charge in [-0.15, -0.1) is 0 Å². The fourth-order valence-corrected chi connectivity index (χ4v) is 2.04. The van der Waals surface area contributed by atoms with Crippen LogP contribution >= 0.6 is 0 Å². The van der Waals surface area contributed by atoms with E-state index in [0.717, 1.165) is 36.3 Å². The third kappa shape index (κ3) is 3.16. The van der Waals surface area contributed by atoms with Gasteiger partial charge in [0.05, 0.1) is 19.3 Å². The molecule has 1 aromatic carbocycles. The smallest absolute Gasteiger partial charge is 0.161 e. The van der Waals surface area contributed by atoms with Gasteiger partial charge in [-0.25, -0.2) is 0 Å². The van der Waals surface area contributed by atoms with E-state index >= 15 is 0 Å². The van der Waals surface area contributed by atoms with E-state index in [0.29, 0.717) is 19.1 Å². The van der Waals surface area contributed by atoms with Crippen molar-refractivity contribution in [2.75, 3.05) is 13.2 Å². The highest BCUT2D eigenvalue weighted by Gasteiger charge is 2.17. The van der Waals surface area contributed by atoms with Crippen molar-refractivity contribution in [2.45, 2.75) is 39.2 Å². The SMILES string of the molecule is CCCCC(O)c1ccc2c(c1)OCC(C)CO2. The first-order chi connectivity index (χ1) is 8.70. The lowest BCUT2D eigenvalue weighted by atomic mass is 10.0. The highest BCUT2D eigenvalue weighted by Crippen LogP contribution is 2.34. The predicted octanol–water partition coefficient (Wildman–Crippen LogP) is 3.32. The first-order valence-corrected chi connectivity index (χ1v) is 6.78. The Labute approximate surface area is 109 Å². The third-order valence-corrected chi connectivity index (χ3v) is 3.23. The van der Waals surface area contributed by atoms with Gasteiger partial charge in [0.2, 0.25) is 0 Å². The number of hydrogen-bond acceptors (Lipinski definition) is 3. The molecule has 1 heterocycles. The van der Waals surface area contributed by atoms with Crippen LogP contribution in [-0.4, -0.2) is 18.3 Å². The minimum Gasteiger partial charge on any atom is -0.489 e. The van der Waals surface area contributed by atoms with Crippen LogP contribution in [0.15, 0.2) is 18.2 Å². The number of rotatable bonds is 4. The first kappa shape index (κ1) is 13.2. The lowest BCUT2D eigenvalue weighted by Crippen LogP contribution is -2.12. The summed E-state index contributed by atoms with van der Waals surface area (Å²) in [6, 6.07) is 5.74. The molecule has 0 aliphatic carbocycles. The molecule has 0 saturated carbocycles. The van der Waals surface area contributed by atoms with Crippen molar-refractivity contribution >= 4 is 0 Å². The summed E-state index contributed by atoms with van der Waals surface area (Å²) >= 11 is 0. The Balaban J connectivity index is 2.11. The lowest BCUT2D eigenvalue weighted by molar-refractivity contribution is 0.163. The summed E-state index contributed by atoms with van der Waals surface area (Å²) in [5.74, 6) is 1.93. The maximum absolute atomic E-state index is 10.1. The highest BCUT2D eigenvalue weighted by molar-refractivity contribution is 5.44. The molecule has 3 nitrogen and oxygen atoms in total. The summed E-state index contributed by atoms with van der Waals surface area (Å²) in [6.45, 7) is 5.58. The van der Waals surface area contributed by atoms with Crippen LogP contribution in [0.4, 0.5) is 0 Å². The molecule has 0 radical (unpaired) electrons. The van der Waals surface area contributed by atoms with Crippen LogP contribution < -0.4 is 9.47 Å². The molecule has 0 fully saturated rings. The Morgan fingerprint density at radius 2 is 2.00 bits per heavy atom. The average molecular weight is 250 g/mol. The van der Waals surface area contributed by atoms with Gasteiger partial charge in [0.15, 0.2) is 11.5 Å². The quantitative estimate of drug-likeness (QED) is 0.891. The molecule has 0 spiro atoms. The van der Waals surface area contributed by atoms with E-state index in [-0.39, 0.29) is 0 Å². The number of aliphatic hydroxyl groups excluding tert-OH is 1. The second-order valence-electron chi connectivity index (χ2n) is 5.09. The molecule has 1 aliphatic rings. The molecule has 0 amide bonds. The summed E-state index contributed by atoms with van der Waals surface area (Å²) in [5.41, 5.74) is 0.917. The van der Waals surface area contributed by atoms with Gasteiger partial charge in [0.25, 0.3) is 0 Å². The van der Waals surface area contributed by atoms with Crippen molar-refractivity contribution in [3.05, 3.63) is 23.8 Å². The normalized spacial score (nSPS) is 20.3. The Kier molecular flexibility index (Phi) is 4.48. The molecule has 3 heteroatoms. The van der Waals surface area contributed by atoms with Gasteiger partial charge in [-0.1, -0.05) is 32.8 Å². The molecule has 1 N–H and O–H groups in total. The zero-order valence-corrected chi connectivity index (χ0v) is 11.2. The molecule has 0 bridgehead atoms. The van der Waals surface area contributed by atoms with Crippen LogP contribution in [0.25, 0.3) is 0 Å². The molecule has 18 heavy (non-hydrogen) atoms. The van der Waals surface area contributed by atoms with Gasteiger partial charge in [-0.3, -0.25) is 0 Å². The second-order valence-corrected chi connectivity index (χ2v) is 5.09. The van der Waals surface area contributed by atoms with Gasteiger partial charge >= 0.3 is 0 Å². The summed E-state index contributed by atoms with van der Waals surface area (Å²) in [6.07, 6.45) is 2.53. The molecule has 0 aromatic heterocycles. The van der Waals surface area contributed by atoms with Crippen LogP contribution in [0.1, 0.15) is 44.8 Å². The molecule has 100 valence electrons. The number of aliphatic hydroxyl groups is 1. The molecule has 1 aliphatic heterocycles. The van der Waals surface area contributed by atoms with E-state index < -0.39 is 6.10 Å². The predicted molar refractivity (Wildman–Crippen MR) is 71.1 cm³/mol. The summed E-state index contributed by atoms with van der Waals surface area (Å²) in [7, 11) is 0. The Bertz CT molecular complexity index is 389. The number of unbranched alkanes of at least 4 members (excludes halogenated alkanes) is 1. The van der Waals surface area contributed by atoms with Crippen LogP contribution in [0.5, 0.6) is 11.5 Å². The lowest BCUT2D eigenvalue weighted by Gasteiger charge is -2.13. The zero-order valence-electron chi connectivity index (χ0n) is 11.2. The molecule has 2 rings (SSSR count). The van der Waals surface area contributed by atoms with E-state index in [9.17, 15) is 5.11 Å². The standard InChI is InChI=1S/C15H22O3/c1-3-4-5-13(16)12-6-7-14-15(8-12)18-10-11(2)9-17-14/h6-8,11,13,16H,3-5,9-10H2,1-2H3. The number of ether oxygens (including phenoxy) is 2. The number of fused-ring (bicyclic) bond motifs is 1. The first-order valence-electron chi connectivity index (χ1n) is 6.78. The minimum absolute atomic E-state index is 0.394. The Hall–Kier alpha value is -1.22. The summed E-state index contributed by atoms with van der Waals surface area (Å²) in [4.78, 5) is 0. The zero-order chi connectivity index (χ0) is 13.0. The van der Waals surface area contributed by atoms with Crippen LogP contribution in [0, 0.1) is 5.92 Å². The number of benzene rings is 1. The fraction of sp³-hybridized carbons (Fsp3) is 0.600. The van der Waals surface area contributed by atoms with Crippen LogP contribution in [0.2, 0.25) is 0 Å². The van der Waals surface area contributed by atoms with E-state index in [1.807, 2.05) is 18.2 Å². The second kappa shape index (κ2) is 6.10.